The van der Waals surface area contributed by atoms with Gasteiger partial charge in [-0.2, -0.15) is 0 Å². The van der Waals surface area contributed by atoms with E-state index in [9.17, 15) is 13.5 Å². The number of anilines is 2. The first-order valence-corrected chi connectivity index (χ1v) is 10.9. The highest BCUT2D eigenvalue weighted by Gasteiger charge is 2.30. The van der Waals surface area contributed by atoms with Gasteiger partial charge in [0.25, 0.3) is 10.0 Å². The molecule has 8 heteroatoms. The summed E-state index contributed by atoms with van der Waals surface area (Å²) in [6.45, 7) is 0.0916. The summed E-state index contributed by atoms with van der Waals surface area (Å²) in [7, 11) is -3.86. The van der Waals surface area contributed by atoms with Crippen LogP contribution in [0.15, 0.2) is 89.5 Å². The highest BCUT2D eigenvalue weighted by Crippen LogP contribution is 2.32. The molecule has 4 rings (SSSR count). The van der Waals surface area contributed by atoms with Gasteiger partial charge in [-0.25, -0.2) is 8.42 Å². The molecule has 0 bridgehead atoms. The maximum absolute atomic E-state index is 12.8. The predicted octanol–water partition coefficient (Wildman–Crippen LogP) is 4.91. The number of nitrogens with one attached hydrogen (secondary N) is 2. The van der Waals surface area contributed by atoms with Gasteiger partial charge in [0.05, 0.1) is 22.7 Å². The SMILES string of the molecule is N=C1C(c2ccccc2)=C(O)CN1c1cccc(S(=O)(=O)Nc2cccc(Cl)c2)c1. The maximum Gasteiger partial charge on any atom is 0.261 e. The Labute approximate surface area is 179 Å². The first-order valence-electron chi connectivity index (χ1n) is 9.07. The second-order valence-corrected chi connectivity index (χ2v) is 8.85. The van der Waals surface area contributed by atoms with Crippen LogP contribution in [0, 0.1) is 5.41 Å². The molecule has 0 aromatic heterocycles. The zero-order chi connectivity index (χ0) is 21.3. The first kappa shape index (κ1) is 20.0. The van der Waals surface area contributed by atoms with Crippen molar-refractivity contribution >= 4 is 44.4 Å². The third-order valence-corrected chi connectivity index (χ3v) is 6.30. The van der Waals surface area contributed by atoms with Gasteiger partial charge in [0.15, 0.2) is 0 Å². The Kier molecular flexibility index (Phi) is 5.24. The van der Waals surface area contributed by atoms with Crippen LogP contribution >= 0.6 is 11.6 Å². The summed E-state index contributed by atoms with van der Waals surface area (Å²) in [6.07, 6.45) is 0. The number of amidine groups is 1. The van der Waals surface area contributed by atoms with Crippen LogP contribution in [-0.2, 0) is 10.0 Å². The van der Waals surface area contributed by atoms with Crippen molar-refractivity contribution in [1.82, 2.24) is 0 Å². The molecule has 3 N–H and O–H groups in total. The van der Waals surface area contributed by atoms with Crippen LogP contribution in [0.2, 0.25) is 5.02 Å². The molecule has 0 radical (unpaired) electrons. The fourth-order valence-corrected chi connectivity index (χ4v) is 4.57. The number of aliphatic hydroxyl groups is 1. The van der Waals surface area contributed by atoms with E-state index in [4.69, 9.17) is 17.0 Å². The van der Waals surface area contributed by atoms with Gasteiger partial charge in [-0.3, -0.25) is 10.1 Å². The van der Waals surface area contributed by atoms with Crippen molar-refractivity contribution < 1.29 is 13.5 Å². The van der Waals surface area contributed by atoms with Crippen molar-refractivity contribution in [3.63, 3.8) is 0 Å². The molecule has 0 fully saturated rings. The van der Waals surface area contributed by atoms with Gasteiger partial charge in [-0.05, 0) is 42.0 Å². The van der Waals surface area contributed by atoms with Crippen molar-refractivity contribution in [2.45, 2.75) is 4.90 Å². The molecular weight excluding hydrogens is 422 g/mol. The van der Waals surface area contributed by atoms with Crippen LogP contribution in [0.1, 0.15) is 5.56 Å². The van der Waals surface area contributed by atoms with Gasteiger partial charge in [0.1, 0.15) is 11.6 Å². The predicted molar refractivity (Wildman–Crippen MR) is 120 cm³/mol. The lowest BCUT2D eigenvalue weighted by Crippen LogP contribution is -2.26. The minimum absolute atomic E-state index is 0.0421. The number of nitrogens with zero attached hydrogens (tertiary/aromatic N) is 1. The Morgan fingerprint density at radius 2 is 1.70 bits per heavy atom. The quantitative estimate of drug-likeness (QED) is 0.526. The van der Waals surface area contributed by atoms with E-state index >= 15 is 0 Å². The monoisotopic (exact) mass is 439 g/mol. The third-order valence-electron chi connectivity index (χ3n) is 4.68. The van der Waals surface area contributed by atoms with E-state index in [0.29, 0.717) is 22.0 Å². The van der Waals surface area contributed by atoms with E-state index < -0.39 is 10.0 Å². The maximum atomic E-state index is 12.8. The minimum atomic E-state index is -3.86. The van der Waals surface area contributed by atoms with Crippen LogP contribution < -0.4 is 9.62 Å². The summed E-state index contributed by atoms with van der Waals surface area (Å²) in [5.41, 5.74) is 2.01. The van der Waals surface area contributed by atoms with Crippen LogP contribution in [-0.4, -0.2) is 25.9 Å². The molecule has 0 spiro atoms. The van der Waals surface area contributed by atoms with Crippen LogP contribution in [0.25, 0.3) is 5.57 Å². The average molecular weight is 440 g/mol. The molecule has 0 atom stereocenters. The standard InChI is InChI=1S/C22H18ClN3O3S/c23-16-8-4-9-17(12-16)25-30(28,29)19-11-5-10-18(13-19)26-14-20(27)21(22(26)24)15-6-2-1-3-7-15/h1-13,24-25,27H,14H2. The number of rotatable bonds is 5. The van der Waals surface area contributed by atoms with Crippen molar-refractivity contribution in [2.24, 2.45) is 0 Å². The number of benzene rings is 3. The second-order valence-electron chi connectivity index (χ2n) is 6.74. The number of sulfonamides is 1. The summed E-state index contributed by atoms with van der Waals surface area (Å²) >= 11 is 5.93. The van der Waals surface area contributed by atoms with Crippen LogP contribution in [0.4, 0.5) is 11.4 Å². The summed E-state index contributed by atoms with van der Waals surface area (Å²) in [4.78, 5) is 1.61. The number of hydrogen-bond donors (Lipinski definition) is 3. The molecule has 152 valence electrons. The Morgan fingerprint density at radius 3 is 2.43 bits per heavy atom. The van der Waals surface area contributed by atoms with Gasteiger partial charge < -0.3 is 10.0 Å². The molecule has 1 aliphatic heterocycles. The fraction of sp³-hybridized carbons (Fsp3) is 0.0455. The Morgan fingerprint density at radius 1 is 0.967 bits per heavy atom. The highest BCUT2D eigenvalue weighted by atomic mass is 35.5. The molecule has 30 heavy (non-hydrogen) atoms. The van der Waals surface area contributed by atoms with Crippen molar-refractivity contribution in [2.75, 3.05) is 16.2 Å². The van der Waals surface area contributed by atoms with E-state index in [0.717, 1.165) is 5.56 Å². The lowest BCUT2D eigenvalue weighted by atomic mass is 10.1. The molecule has 0 aliphatic carbocycles. The minimum Gasteiger partial charge on any atom is -0.510 e. The van der Waals surface area contributed by atoms with E-state index in [2.05, 4.69) is 4.72 Å². The van der Waals surface area contributed by atoms with E-state index in [-0.39, 0.29) is 23.0 Å². The van der Waals surface area contributed by atoms with Crippen molar-refractivity contribution in [1.29, 1.82) is 5.41 Å². The zero-order valence-corrected chi connectivity index (χ0v) is 17.3. The lowest BCUT2D eigenvalue weighted by Gasteiger charge is -2.20. The van der Waals surface area contributed by atoms with Crippen LogP contribution in [0.5, 0.6) is 0 Å². The Hall–Kier alpha value is -3.29. The van der Waals surface area contributed by atoms with Gasteiger partial charge in [0.2, 0.25) is 0 Å². The molecule has 1 heterocycles. The molecule has 0 saturated heterocycles. The second kappa shape index (κ2) is 7.85. The Balaban J connectivity index is 1.62. The average Bonchev–Trinajstić information content (AvgIpc) is 3.02. The zero-order valence-electron chi connectivity index (χ0n) is 15.7. The topological polar surface area (TPSA) is 93.5 Å². The highest BCUT2D eigenvalue weighted by molar-refractivity contribution is 7.92. The normalized spacial score (nSPS) is 14.3. The van der Waals surface area contributed by atoms with Crippen molar-refractivity contribution in [3.05, 3.63) is 95.2 Å². The van der Waals surface area contributed by atoms with E-state index in [1.807, 2.05) is 30.3 Å². The van der Waals surface area contributed by atoms with Gasteiger partial charge >= 0.3 is 0 Å². The molecule has 3 aromatic rings. The van der Waals surface area contributed by atoms with E-state index in [1.165, 1.54) is 18.2 Å². The summed E-state index contributed by atoms with van der Waals surface area (Å²) in [5, 5.41) is 19.4. The summed E-state index contributed by atoms with van der Waals surface area (Å²) in [6, 6.07) is 21.9. The molecule has 0 unspecified atom stereocenters. The van der Waals surface area contributed by atoms with E-state index in [1.54, 1.807) is 35.2 Å². The molecule has 0 saturated carbocycles. The third kappa shape index (κ3) is 3.90. The van der Waals surface area contributed by atoms with Gasteiger partial charge in [-0.1, -0.05) is 54.1 Å². The first-order chi connectivity index (χ1) is 14.3. The molecule has 3 aromatic carbocycles. The van der Waals surface area contributed by atoms with Crippen molar-refractivity contribution in [3.8, 4) is 0 Å². The van der Waals surface area contributed by atoms with Gasteiger partial charge in [0, 0.05) is 10.7 Å². The number of hydrogen-bond acceptors (Lipinski definition) is 4. The number of aliphatic hydroxyl groups excluding tert-OH is 1. The van der Waals surface area contributed by atoms with Gasteiger partial charge in [-0.15, -0.1) is 0 Å². The lowest BCUT2D eigenvalue weighted by molar-refractivity contribution is 0.411. The summed E-state index contributed by atoms with van der Waals surface area (Å²) < 4.78 is 28.2. The molecular formula is C22H18ClN3O3S. The fourth-order valence-electron chi connectivity index (χ4n) is 3.29. The number of halogens is 1. The molecule has 0 amide bonds. The largest absolute Gasteiger partial charge is 0.510 e. The Bertz CT molecular complexity index is 1260. The smallest absolute Gasteiger partial charge is 0.261 e. The molecule has 6 nitrogen and oxygen atoms in total. The summed E-state index contributed by atoms with van der Waals surface area (Å²) in [5.74, 6) is 0.174. The van der Waals surface area contributed by atoms with Crippen LogP contribution in [0.3, 0.4) is 0 Å². The molecule has 1 aliphatic rings.